The van der Waals surface area contributed by atoms with Crippen molar-refractivity contribution < 1.29 is 27.4 Å². The normalized spacial score (nSPS) is 17.0. The van der Waals surface area contributed by atoms with E-state index in [1.54, 1.807) is 32.4 Å². The average molecular weight is 464 g/mol. The Morgan fingerprint density at radius 2 is 1.78 bits per heavy atom. The minimum absolute atomic E-state index is 0.201. The maximum atomic E-state index is 13.5. The number of sulfonamides is 1. The number of carbonyl (C=O) groups is 1. The first kappa shape index (κ1) is 22.6. The fourth-order valence-electron chi connectivity index (χ4n) is 4.37. The molecular formula is C22H29N3O6S. The molecule has 0 saturated carbocycles. The van der Waals surface area contributed by atoms with Gasteiger partial charge >= 0.3 is 5.97 Å². The Hall–Kier alpha value is -2.56. The number of hydrogen-bond donors (Lipinski definition) is 0. The van der Waals surface area contributed by atoms with Gasteiger partial charge in [-0.3, -0.25) is 4.90 Å². The maximum absolute atomic E-state index is 13.5. The monoisotopic (exact) mass is 463 g/mol. The Bertz CT molecular complexity index is 1130. The predicted octanol–water partition coefficient (Wildman–Crippen LogP) is 2.05. The van der Waals surface area contributed by atoms with E-state index in [4.69, 9.17) is 14.2 Å². The second kappa shape index (κ2) is 8.76. The molecule has 0 unspecified atom stereocenters. The van der Waals surface area contributed by atoms with Gasteiger partial charge in [-0.25, -0.2) is 13.2 Å². The molecule has 1 saturated heterocycles. The quantitative estimate of drug-likeness (QED) is 0.606. The third-order valence-corrected chi connectivity index (χ3v) is 8.27. The molecule has 0 N–H and O–H groups in total. The van der Waals surface area contributed by atoms with Crippen LogP contribution in [0, 0.1) is 13.8 Å². The van der Waals surface area contributed by atoms with Gasteiger partial charge in [0.2, 0.25) is 16.8 Å². The van der Waals surface area contributed by atoms with E-state index in [-0.39, 0.29) is 24.0 Å². The van der Waals surface area contributed by atoms with E-state index in [1.807, 2.05) is 18.2 Å². The molecule has 2 aromatic rings. The number of hydrogen-bond acceptors (Lipinski definition) is 7. The first-order valence-electron chi connectivity index (χ1n) is 10.7. The number of esters is 1. The lowest BCUT2D eigenvalue weighted by Crippen LogP contribution is -2.48. The highest BCUT2D eigenvalue weighted by Gasteiger charge is 2.35. The highest BCUT2D eigenvalue weighted by Crippen LogP contribution is 2.33. The van der Waals surface area contributed by atoms with Gasteiger partial charge in [0.15, 0.2) is 11.5 Å². The molecular weight excluding hydrogens is 434 g/mol. The maximum Gasteiger partial charge on any atom is 0.355 e. The first-order chi connectivity index (χ1) is 15.2. The fourth-order valence-corrected chi connectivity index (χ4v) is 6.27. The first-order valence-corrected chi connectivity index (χ1v) is 12.1. The fraction of sp³-hybridized carbons (Fsp3) is 0.500. The Morgan fingerprint density at radius 3 is 2.47 bits per heavy atom. The molecule has 0 radical (unpaired) electrons. The largest absolute Gasteiger partial charge is 0.461 e. The van der Waals surface area contributed by atoms with Crippen LogP contribution in [0.15, 0.2) is 23.1 Å². The van der Waals surface area contributed by atoms with Gasteiger partial charge in [0.1, 0.15) is 10.6 Å². The summed E-state index contributed by atoms with van der Waals surface area (Å²) in [4.78, 5) is 14.8. The molecule has 1 fully saturated rings. The van der Waals surface area contributed by atoms with Crippen LogP contribution in [0.25, 0.3) is 0 Å². The minimum Gasteiger partial charge on any atom is -0.461 e. The Balaban J connectivity index is 1.47. The SMILES string of the molecule is CCOC(=O)c1c(C)c(S(=O)(=O)N2CCN(Cc3ccc4c(c3)OCO4)CC2)c(C)n1C. The molecule has 1 aromatic heterocycles. The van der Waals surface area contributed by atoms with Crippen molar-refractivity contribution in [3.05, 3.63) is 40.7 Å². The van der Waals surface area contributed by atoms with Crippen molar-refractivity contribution in [2.75, 3.05) is 39.6 Å². The van der Waals surface area contributed by atoms with Gasteiger partial charge in [0, 0.05) is 51.0 Å². The van der Waals surface area contributed by atoms with Gasteiger partial charge in [-0.1, -0.05) is 6.07 Å². The summed E-state index contributed by atoms with van der Waals surface area (Å²) in [5.74, 6) is 0.988. The molecule has 0 amide bonds. The predicted molar refractivity (Wildman–Crippen MR) is 117 cm³/mol. The smallest absolute Gasteiger partial charge is 0.355 e. The van der Waals surface area contributed by atoms with Gasteiger partial charge in [0.25, 0.3) is 0 Å². The second-order valence-electron chi connectivity index (χ2n) is 8.04. The van der Waals surface area contributed by atoms with Crippen molar-refractivity contribution >= 4 is 16.0 Å². The summed E-state index contributed by atoms with van der Waals surface area (Å²) in [6.07, 6.45) is 0. The van der Waals surface area contributed by atoms with Crippen molar-refractivity contribution in [2.45, 2.75) is 32.2 Å². The molecule has 10 heteroatoms. The summed E-state index contributed by atoms with van der Waals surface area (Å²) in [6.45, 7) is 8.30. The van der Waals surface area contributed by atoms with Crippen LogP contribution in [0.2, 0.25) is 0 Å². The van der Waals surface area contributed by atoms with Gasteiger partial charge < -0.3 is 18.8 Å². The zero-order valence-electron chi connectivity index (χ0n) is 18.9. The van der Waals surface area contributed by atoms with E-state index in [0.717, 1.165) is 17.1 Å². The van der Waals surface area contributed by atoms with E-state index in [0.29, 0.717) is 44.0 Å². The van der Waals surface area contributed by atoms with Crippen LogP contribution in [0.1, 0.15) is 34.2 Å². The third-order valence-electron chi connectivity index (χ3n) is 6.10. The number of nitrogens with zero attached hydrogens (tertiary/aromatic N) is 3. The molecule has 0 bridgehead atoms. The van der Waals surface area contributed by atoms with Crippen molar-refractivity contribution in [3.63, 3.8) is 0 Å². The summed E-state index contributed by atoms with van der Waals surface area (Å²) >= 11 is 0. The molecule has 2 aliphatic heterocycles. The topological polar surface area (TPSA) is 90.3 Å². The molecule has 1 aromatic carbocycles. The van der Waals surface area contributed by atoms with Crippen LogP contribution in [-0.4, -0.2) is 67.7 Å². The number of aromatic nitrogens is 1. The standard InChI is InChI=1S/C22H29N3O6S/c1-5-29-22(26)20-15(2)21(16(3)23(20)4)32(27,28)25-10-8-24(9-11-25)13-17-6-7-18-19(12-17)31-14-30-18/h6-7,12H,5,8-11,13-14H2,1-4H3. The van der Waals surface area contributed by atoms with Crippen molar-refractivity contribution in [2.24, 2.45) is 7.05 Å². The molecule has 0 atom stereocenters. The van der Waals surface area contributed by atoms with Crippen molar-refractivity contribution in [1.82, 2.24) is 13.8 Å². The Labute approximate surface area is 188 Å². The van der Waals surface area contributed by atoms with Crippen LogP contribution in [0.4, 0.5) is 0 Å². The van der Waals surface area contributed by atoms with E-state index in [2.05, 4.69) is 4.90 Å². The van der Waals surface area contributed by atoms with Crippen molar-refractivity contribution in [3.8, 4) is 11.5 Å². The summed E-state index contributed by atoms with van der Waals surface area (Å²) in [5.41, 5.74) is 2.35. The lowest BCUT2D eigenvalue weighted by Gasteiger charge is -2.34. The number of fused-ring (bicyclic) bond motifs is 1. The van der Waals surface area contributed by atoms with Crippen LogP contribution < -0.4 is 9.47 Å². The highest BCUT2D eigenvalue weighted by atomic mass is 32.2. The summed E-state index contributed by atoms with van der Waals surface area (Å²) in [5, 5.41) is 0. The lowest BCUT2D eigenvalue weighted by molar-refractivity contribution is 0.0514. The van der Waals surface area contributed by atoms with E-state index >= 15 is 0 Å². The number of ether oxygens (including phenoxy) is 3. The average Bonchev–Trinajstić information content (AvgIpc) is 3.30. The number of carbonyl (C=O) groups excluding carboxylic acids is 1. The molecule has 9 nitrogen and oxygen atoms in total. The van der Waals surface area contributed by atoms with Crippen LogP contribution in [0.5, 0.6) is 11.5 Å². The summed E-state index contributed by atoms with van der Waals surface area (Å²) in [6, 6.07) is 5.88. The van der Waals surface area contributed by atoms with Gasteiger partial charge in [-0.2, -0.15) is 4.31 Å². The lowest BCUT2D eigenvalue weighted by atomic mass is 10.2. The van der Waals surface area contributed by atoms with E-state index in [9.17, 15) is 13.2 Å². The molecule has 0 aliphatic carbocycles. The number of piperazine rings is 1. The van der Waals surface area contributed by atoms with E-state index < -0.39 is 16.0 Å². The molecule has 0 spiro atoms. The van der Waals surface area contributed by atoms with Crippen LogP contribution >= 0.6 is 0 Å². The van der Waals surface area contributed by atoms with Crippen LogP contribution in [0.3, 0.4) is 0 Å². The molecule has 4 rings (SSSR count). The van der Waals surface area contributed by atoms with Crippen molar-refractivity contribution in [1.29, 1.82) is 0 Å². The Kier molecular flexibility index (Phi) is 6.19. The molecule has 174 valence electrons. The second-order valence-corrected chi connectivity index (χ2v) is 9.91. The third kappa shape index (κ3) is 3.98. The zero-order valence-corrected chi connectivity index (χ0v) is 19.7. The van der Waals surface area contributed by atoms with Gasteiger partial charge in [-0.05, 0) is 38.5 Å². The number of rotatable bonds is 6. The highest BCUT2D eigenvalue weighted by molar-refractivity contribution is 7.89. The Morgan fingerprint density at radius 1 is 1.09 bits per heavy atom. The van der Waals surface area contributed by atoms with Crippen LogP contribution in [-0.2, 0) is 28.4 Å². The molecule has 32 heavy (non-hydrogen) atoms. The summed E-state index contributed by atoms with van der Waals surface area (Å²) < 4.78 is 46.0. The number of benzene rings is 1. The minimum atomic E-state index is -3.74. The summed E-state index contributed by atoms with van der Waals surface area (Å²) in [7, 11) is -2.04. The van der Waals surface area contributed by atoms with Gasteiger partial charge in [-0.15, -0.1) is 0 Å². The van der Waals surface area contributed by atoms with E-state index in [1.165, 1.54) is 4.31 Å². The zero-order chi connectivity index (χ0) is 23.0. The molecule has 3 heterocycles. The van der Waals surface area contributed by atoms with Gasteiger partial charge in [0.05, 0.1) is 6.61 Å². The molecule has 2 aliphatic rings.